The van der Waals surface area contributed by atoms with Crippen molar-refractivity contribution in [3.05, 3.63) is 40.5 Å². The SMILES string of the molecule is Cc1ccc(-c2csc3c(OC4C5COCC4CN(C(=O)OC(C)(C)C)C5)ncnc23)c(Cl)c1. The highest BCUT2D eigenvalue weighted by atomic mass is 35.5. The number of rotatable bonds is 3. The molecule has 1 amide bonds. The number of thiophene rings is 1. The molecule has 2 atom stereocenters. The predicted octanol–water partition coefficient (Wildman–Crippen LogP) is 5.58. The van der Waals surface area contributed by atoms with Crippen LogP contribution in [-0.2, 0) is 9.47 Å². The van der Waals surface area contributed by atoms with Crippen molar-refractivity contribution in [2.24, 2.45) is 11.8 Å². The van der Waals surface area contributed by atoms with Crippen molar-refractivity contribution < 1.29 is 19.0 Å². The maximum atomic E-state index is 12.7. The molecule has 0 saturated carbocycles. The lowest BCUT2D eigenvalue weighted by Crippen LogP contribution is -2.59. The maximum absolute atomic E-state index is 12.7. The minimum Gasteiger partial charge on any atom is -0.472 e. The number of ether oxygens (including phenoxy) is 3. The van der Waals surface area contributed by atoms with Gasteiger partial charge in [-0.05, 0) is 39.3 Å². The number of likely N-dealkylation sites (tertiary alicyclic amines) is 1. The van der Waals surface area contributed by atoms with E-state index in [0.29, 0.717) is 37.2 Å². The van der Waals surface area contributed by atoms with Crippen LogP contribution in [0.3, 0.4) is 0 Å². The largest absolute Gasteiger partial charge is 0.472 e. The van der Waals surface area contributed by atoms with E-state index in [1.165, 1.54) is 6.33 Å². The number of hydrogen-bond donors (Lipinski definition) is 0. The Hall–Kier alpha value is -2.42. The van der Waals surface area contributed by atoms with Gasteiger partial charge in [0, 0.05) is 46.5 Å². The third-order valence-electron chi connectivity index (χ3n) is 6.14. The first kappa shape index (κ1) is 23.3. The number of halogens is 1. The van der Waals surface area contributed by atoms with Gasteiger partial charge < -0.3 is 19.1 Å². The number of aryl methyl sites for hydroxylation is 1. The molecule has 2 aromatic heterocycles. The zero-order valence-electron chi connectivity index (χ0n) is 19.7. The zero-order chi connectivity index (χ0) is 24.0. The standard InChI is InChI=1S/C25H28ClN3O4S/c1-14-5-6-17(19(26)7-14)18-12-34-22-20(18)27-13-28-23(22)32-21-15-8-29(9-16(21)11-31-10-15)24(30)33-25(2,3)4/h5-7,12-13,15-16,21H,8-11H2,1-4H3. The number of fused-ring (bicyclic) bond motifs is 3. The molecule has 1 aromatic carbocycles. The predicted molar refractivity (Wildman–Crippen MR) is 133 cm³/mol. The molecule has 180 valence electrons. The fourth-order valence-electron chi connectivity index (χ4n) is 4.64. The molecule has 2 unspecified atom stereocenters. The number of piperidine rings is 1. The smallest absolute Gasteiger partial charge is 0.410 e. The molecule has 4 heterocycles. The summed E-state index contributed by atoms with van der Waals surface area (Å²) >= 11 is 8.09. The maximum Gasteiger partial charge on any atom is 0.410 e. The van der Waals surface area contributed by atoms with Gasteiger partial charge in [0.15, 0.2) is 0 Å². The third-order valence-corrected chi connectivity index (χ3v) is 7.41. The molecular formula is C25H28ClN3O4S. The van der Waals surface area contributed by atoms with Crippen molar-refractivity contribution in [1.29, 1.82) is 0 Å². The summed E-state index contributed by atoms with van der Waals surface area (Å²) in [6.45, 7) is 9.77. The van der Waals surface area contributed by atoms with Crippen molar-refractivity contribution in [3.63, 3.8) is 0 Å². The molecule has 2 fully saturated rings. The Balaban J connectivity index is 1.39. The van der Waals surface area contributed by atoms with Crippen LogP contribution in [0.5, 0.6) is 5.88 Å². The number of carbonyl (C=O) groups is 1. The van der Waals surface area contributed by atoms with E-state index < -0.39 is 5.60 Å². The normalized spacial score (nSPS) is 22.6. The van der Waals surface area contributed by atoms with Gasteiger partial charge in [0.1, 0.15) is 22.7 Å². The lowest BCUT2D eigenvalue weighted by molar-refractivity contribution is -0.112. The Morgan fingerprint density at radius 1 is 1.18 bits per heavy atom. The Labute approximate surface area is 208 Å². The van der Waals surface area contributed by atoms with Gasteiger partial charge in [0.05, 0.1) is 18.7 Å². The average Bonchev–Trinajstić information content (AvgIpc) is 3.17. The molecule has 2 aliphatic rings. The highest BCUT2D eigenvalue weighted by molar-refractivity contribution is 7.18. The first-order valence-corrected chi connectivity index (χ1v) is 12.7. The summed E-state index contributed by atoms with van der Waals surface area (Å²) in [5.41, 5.74) is 3.33. The second kappa shape index (κ2) is 8.98. The van der Waals surface area contributed by atoms with Crippen LogP contribution in [0.25, 0.3) is 21.3 Å². The van der Waals surface area contributed by atoms with Crippen molar-refractivity contribution in [2.45, 2.75) is 39.4 Å². The Kier molecular flexibility index (Phi) is 6.16. The van der Waals surface area contributed by atoms with Crippen LogP contribution in [0.15, 0.2) is 29.9 Å². The Bertz CT molecular complexity index is 1210. The van der Waals surface area contributed by atoms with E-state index in [2.05, 4.69) is 15.3 Å². The minimum atomic E-state index is -0.528. The van der Waals surface area contributed by atoms with Crippen LogP contribution in [0.1, 0.15) is 26.3 Å². The summed E-state index contributed by atoms with van der Waals surface area (Å²) < 4.78 is 18.8. The van der Waals surface area contributed by atoms with Gasteiger partial charge in [-0.2, -0.15) is 0 Å². The molecular weight excluding hydrogens is 474 g/mol. The first-order chi connectivity index (χ1) is 16.2. The number of benzene rings is 1. The number of aromatic nitrogens is 2. The van der Waals surface area contributed by atoms with Gasteiger partial charge >= 0.3 is 6.09 Å². The number of carbonyl (C=O) groups excluding carboxylic acids is 1. The fraction of sp³-hybridized carbons (Fsp3) is 0.480. The van der Waals surface area contributed by atoms with Gasteiger partial charge in [0.2, 0.25) is 5.88 Å². The van der Waals surface area contributed by atoms with E-state index >= 15 is 0 Å². The molecule has 0 aliphatic carbocycles. The molecule has 0 radical (unpaired) electrons. The summed E-state index contributed by atoms with van der Waals surface area (Å²) in [6, 6.07) is 6.03. The monoisotopic (exact) mass is 501 g/mol. The van der Waals surface area contributed by atoms with Crippen LogP contribution in [-0.4, -0.2) is 59.0 Å². The van der Waals surface area contributed by atoms with Gasteiger partial charge in [-0.3, -0.25) is 0 Å². The second-order valence-corrected chi connectivity index (χ2v) is 11.3. The average molecular weight is 502 g/mol. The summed E-state index contributed by atoms with van der Waals surface area (Å²) in [7, 11) is 0. The molecule has 7 nitrogen and oxygen atoms in total. The van der Waals surface area contributed by atoms with Crippen molar-refractivity contribution >= 4 is 39.2 Å². The van der Waals surface area contributed by atoms with Crippen LogP contribution >= 0.6 is 22.9 Å². The molecule has 5 rings (SSSR count). The van der Waals surface area contributed by atoms with E-state index in [0.717, 1.165) is 26.9 Å². The summed E-state index contributed by atoms with van der Waals surface area (Å²) in [5.74, 6) is 0.643. The number of amides is 1. The van der Waals surface area contributed by atoms with Crippen LogP contribution in [0.2, 0.25) is 5.02 Å². The van der Waals surface area contributed by atoms with Gasteiger partial charge in [-0.1, -0.05) is 23.7 Å². The van der Waals surface area contributed by atoms with Gasteiger partial charge in [0.25, 0.3) is 0 Å². The van der Waals surface area contributed by atoms with Crippen molar-refractivity contribution in [1.82, 2.24) is 14.9 Å². The third kappa shape index (κ3) is 4.59. The van der Waals surface area contributed by atoms with E-state index in [9.17, 15) is 4.79 Å². The van der Waals surface area contributed by atoms with E-state index in [1.807, 2.05) is 45.9 Å². The lowest BCUT2D eigenvalue weighted by atomic mass is 9.84. The molecule has 3 aromatic rings. The number of nitrogens with zero attached hydrogens (tertiary/aromatic N) is 3. The Morgan fingerprint density at radius 2 is 1.91 bits per heavy atom. The molecule has 0 N–H and O–H groups in total. The fourth-order valence-corrected chi connectivity index (χ4v) is 5.93. The first-order valence-electron chi connectivity index (χ1n) is 11.4. The van der Waals surface area contributed by atoms with E-state index in [-0.39, 0.29) is 24.0 Å². The summed E-state index contributed by atoms with van der Waals surface area (Å²) in [5, 5.41) is 2.75. The van der Waals surface area contributed by atoms with E-state index in [4.69, 9.17) is 25.8 Å². The minimum absolute atomic E-state index is 0.0380. The highest BCUT2D eigenvalue weighted by Gasteiger charge is 2.44. The quantitative estimate of drug-likeness (QED) is 0.466. The van der Waals surface area contributed by atoms with Crippen molar-refractivity contribution in [3.8, 4) is 17.0 Å². The lowest BCUT2D eigenvalue weighted by Gasteiger charge is -2.46. The summed E-state index contributed by atoms with van der Waals surface area (Å²) in [6.07, 6.45) is 1.15. The van der Waals surface area contributed by atoms with Crippen molar-refractivity contribution in [2.75, 3.05) is 26.3 Å². The molecule has 0 spiro atoms. The molecule has 2 saturated heterocycles. The highest BCUT2D eigenvalue weighted by Crippen LogP contribution is 2.41. The molecule has 2 aliphatic heterocycles. The van der Waals surface area contributed by atoms with Gasteiger partial charge in [-0.15, -0.1) is 11.3 Å². The van der Waals surface area contributed by atoms with Crippen LogP contribution < -0.4 is 4.74 Å². The second-order valence-electron chi connectivity index (χ2n) is 10.0. The van der Waals surface area contributed by atoms with Gasteiger partial charge in [-0.25, -0.2) is 14.8 Å². The molecule has 2 bridgehead atoms. The Morgan fingerprint density at radius 3 is 2.59 bits per heavy atom. The van der Waals surface area contributed by atoms with Crippen LogP contribution in [0.4, 0.5) is 4.79 Å². The number of hydrogen-bond acceptors (Lipinski definition) is 7. The van der Waals surface area contributed by atoms with Crippen LogP contribution in [0, 0.1) is 18.8 Å². The summed E-state index contributed by atoms with van der Waals surface area (Å²) in [4.78, 5) is 23.5. The molecule has 34 heavy (non-hydrogen) atoms. The van der Waals surface area contributed by atoms with E-state index in [1.54, 1.807) is 16.2 Å². The zero-order valence-corrected chi connectivity index (χ0v) is 21.3. The molecule has 9 heteroatoms. The topological polar surface area (TPSA) is 73.8 Å².